The summed E-state index contributed by atoms with van der Waals surface area (Å²) in [7, 11) is 1.34. The van der Waals surface area contributed by atoms with Gasteiger partial charge in [-0.1, -0.05) is 32.9 Å². The maximum Gasteiger partial charge on any atom is 0.351 e. The van der Waals surface area contributed by atoms with Crippen LogP contribution in [0.25, 0.3) is 6.08 Å². The zero-order chi connectivity index (χ0) is 25.3. The minimum Gasteiger partial charge on any atom is -0.507 e. The second-order valence-corrected chi connectivity index (χ2v) is 9.82. The summed E-state index contributed by atoms with van der Waals surface area (Å²) in [5.41, 5.74) is -0.909. The van der Waals surface area contributed by atoms with E-state index in [0.29, 0.717) is 30.1 Å². The number of thiazole rings is 1. The molecule has 1 unspecified atom stereocenters. The number of esters is 1. The second kappa shape index (κ2) is 13.0. The highest BCUT2D eigenvalue weighted by atomic mass is 32.1. The van der Waals surface area contributed by atoms with Gasteiger partial charge in [0.05, 0.1) is 18.5 Å². The Hall–Kier alpha value is -3.00. The fraction of sp³-hybridized carbons (Fsp3) is 0.462. The predicted molar refractivity (Wildman–Crippen MR) is 133 cm³/mol. The van der Waals surface area contributed by atoms with Crippen molar-refractivity contribution in [3.8, 4) is 5.75 Å². The summed E-state index contributed by atoms with van der Waals surface area (Å²) in [4.78, 5) is 41.7. The largest absolute Gasteiger partial charge is 0.507 e. The van der Waals surface area contributed by atoms with E-state index < -0.39 is 11.4 Å². The number of aromatic hydroxyl groups is 1. The Kier molecular flexibility index (Phi) is 10.4. The summed E-state index contributed by atoms with van der Waals surface area (Å²) in [5, 5.41) is 11.4. The van der Waals surface area contributed by atoms with Crippen LogP contribution in [-0.4, -0.2) is 29.0 Å². The molecule has 34 heavy (non-hydrogen) atoms. The number of rotatable bonds is 12. The normalized spacial score (nSPS) is 12.9. The molecule has 7 nitrogen and oxygen atoms in total. The molecule has 0 bridgehead atoms. The summed E-state index contributed by atoms with van der Waals surface area (Å²) in [6, 6.07) is 1.33. The van der Waals surface area contributed by atoms with Crippen molar-refractivity contribution in [3.63, 3.8) is 0 Å². The first kappa shape index (κ1) is 27.2. The molecule has 2 aromatic heterocycles. The Balaban J connectivity index is 2.08. The number of hydrogen-bond acceptors (Lipinski definition) is 8. The molecule has 0 fully saturated rings. The van der Waals surface area contributed by atoms with E-state index in [9.17, 15) is 19.5 Å². The van der Waals surface area contributed by atoms with Crippen LogP contribution in [0.4, 0.5) is 0 Å². The average Bonchev–Trinajstić information content (AvgIpc) is 3.23. The van der Waals surface area contributed by atoms with Crippen molar-refractivity contribution in [1.82, 2.24) is 4.98 Å². The smallest absolute Gasteiger partial charge is 0.351 e. The molecular formula is C26H33NO6S. The highest BCUT2D eigenvalue weighted by Crippen LogP contribution is 2.27. The second-order valence-electron chi connectivity index (χ2n) is 8.67. The van der Waals surface area contributed by atoms with Crippen molar-refractivity contribution in [1.29, 1.82) is 0 Å². The van der Waals surface area contributed by atoms with Crippen LogP contribution >= 0.6 is 11.3 Å². The lowest BCUT2D eigenvalue weighted by atomic mass is 9.99. The molecule has 0 aliphatic rings. The van der Waals surface area contributed by atoms with E-state index in [-0.39, 0.29) is 29.6 Å². The summed E-state index contributed by atoms with van der Waals surface area (Å²) in [5.74, 6) is -0.552. The first-order chi connectivity index (χ1) is 16.1. The summed E-state index contributed by atoms with van der Waals surface area (Å²) in [6.07, 6.45) is 10.4. The first-order valence-corrected chi connectivity index (χ1v) is 12.2. The van der Waals surface area contributed by atoms with Crippen molar-refractivity contribution in [3.05, 3.63) is 61.6 Å². The van der Waals surface area contributed by atoms with Crippen LogP contribution in [0.3, 0.4) is 0 Å². The van der Waals surface area contributed by atoms with Crippen LogP contribution in [0.2, 0.25) is 0 Å². The van der Waals surface area contributed by atoms with Crippen LogP contribution in [0.5, 0.6) is 5.75 Å². The number of hydrogen-bond donors (Lipinski definition) is 1. The Morgan fingerprint density at radius 2 is 1.97 bits per heavy atom. The molecule has 8 heteroatoms. The molecule has 1 N–H and O–H groups in total. The van der Waals surface area contributed by atoms with E-state index in [2.05, 4.69) is 23.6 Å². The van der Waals surface area contributed by atoms with Crippen molar-refractivity contribution in [2.75, 3.05) is 7.11 Å². The zero-order valence-electron chi connectivity index (χ0n) is 20.4. The third-order valence-electron chi connectivity index (χ3n) is 5.33. The van der Waals surface area contributed by atoms with Crippen LogP contribution in [-0.2, 0) is 16.0 Å². The number of ether oxygens (including phenoxy) is 1. The van der Waals surface area contributed by atoms with Gasteiger partial charge < -0.3 is 14.3 Å². The Morgan fingerprint density at radius 3 is 2.62 bits per heavy atom. The van der Waals surface area contributed by atoms with Crippen LogP contribution in [0.15, 0.2) is 39.2 Å². The van der Waals surface area contributed by atoms with Crippen LogP contribution in [0.1, 0.15) is 85.3 Å². The molecular weight excluding hydrogens is 454 g/mol. The van der Waals surface area contributed by atoms with Crippen molar-refractivity contribution in [2.45, 2.75) is 65.7 Å². The molecule has 0 saturated heterocycles. The van der Waals surface area contributed by atoms with Crippen LogP contribution < -0.4 is 5.63 Å². The number of Topliss-reactive ketones (excluding diaryl/α,β-unsaturated/α-hetero) is 1. The monoisotopic (exact) mass is 487 g/mol. The molecule has 0 saturated carbocycles. The zero-order valence-corrected chi connectivity index (χ0v) is 21.2. The molecule has 0 aromatic carbocycles. The maximum absolute atomic E-state index is 12.9. The van der Waals surface area contributed by atoms with Gasteiger partial charge in [-0.2, -0.15) is 0 Å². The van der Waals surface area contributed by atoms with Gasteiger partial charge >= 0.3 is 11.6 Å². The summed E-state index contributed by atoms with van der Waals surface area (Å²) in [6.45, 7) is 7.78. The fourth-order valence-corrected chi connectivity index (χ4v) is 4.15. The van der Waals surface area contributed by atoms with Gasteiger partial charge in [0.2, 0.25) is 0 Å². The number of nitrogens with zero attached hydrogens (tertiary/aromatic N) is 1. The number of aromatic nitrogens is 1. The van der Waals surface area contributed by atoms with E-state index >= 15 is 0 Å². The van der Waals surface area contributed by atoms with Gasteiger partial charge in [0.1, 0.15) is 17.1 Å². The molecule has 0 aliphatic heterocycles. The number of carbonyl (C=O) groups excluding carboxylic acids is 2. The summed E-state index contributed by atoms with van der Waals surface area (Å²) >= 11 is 1.51. The van der Waals surface area contributed by atoms with Crippen molar-refractivity contribution >= 4 is 29.2 Å². The number of allylic oxidation sites excluding steroid dienone is 2. The third-order valence-corrected chi connectivity index (χ3v) is 6.34. The van der Waals surface area contributed by atoms with E-state index in [4.69, 9.17) is 4.42 Å². The lowest BCUT2D eigenvalue weighted by molar-refractivity contribution is -0.139. The van der Waals surface area contributed by atoms with Gasteiger partial charge in [-0.25, -0.2) is 9.78 Å². The molecule has 0 radical (unpaired) electrons. The number of ketones is 1. The van der Waals surface area contributed by atoms with Gasteiger partial charge in [0.15, 0.2) is 5.78 Å². The molecule has 0 spiro atoms. The van der Waals surface area contributed by atoms with Crippen LogP contribution in [0, 0.1) is 5.92 Å². The van der Waals surface area contributed by atoms with Crippen molar-refractivity contribution in [2.24, 2.45) is 5.92 Å². The molecule has 0 aliphatic carbocycles. The van der Waals surface area contributed by atoms with Gasteiger partial charge in [-0.05, 0) is 50.2 Å². The highest BCUT2D eigenvalue weighted by molar-refractivity contribution is 7.12. The minimum absolute atomic E-state index is 0.163. The molecule has 2 aromatic rings. The SMILES string of the molecule is COC(=O)CC=CCCC(C)c1cc(O)c(C(=O)C(C)=Cc2cnc(CCC(C)C)s2)c(=O)o1. The van der Waals surface area contributed by atoms with Gasteiger partial charge in [0.25, 0.3) is 0 Å². The van der Waals surface area contributed by atoms with Gasteiger partial charge in [-0.15, -0.1) is 11.3 Å². The third kappa shape index (κ3) is 8.09. The quantitative estimate of drug-likeness (QED) is 0.178. The van der Waals surface area contributed by atoms with E-state index in [1.165, 1.54) is 24.5 Å². The lowest BCUT2D eigenvalue weighted by Crippen LogP contribution is -2.16. The first-order valence-electron chi connectivity index (χ1n) is 11.4. The molecule has 2 rings (SSSR count). The molecule has 2 heterocycles. The standard InChI is InChI=1S/C26H33NO6S/c1-16(2)11-12-22-27-15-19(34-22)13-18(4)25(30)24-20(28)14-21(33-26(24)31)17(3)9-7-6-8-10-23(29)32-5/h6,8,13-17,28H,7,9-12H2,1-5H3. The number of carbonyl (C=O) groups is 2. The minimum atomic E-state index is -0.859. The maximum atomic E-state index is 12.9. The lowest BCUT2D eigenvalue weighted by Gasteiger charge is -2.11. The average molecular weight is 488 g/mol. The molecule has 184 valence electrons. The Morgan fingerprint density at radius 1 is 1.24 bits per heavy atom. The number of methoxy groups -OCH3 is 1. The molecule has 0 amide bonds. The fourth-order valence-electron chi connectivity index (χ4n) is 3.22. The van der Waals surface area contributed by atoms with E-state index in [1.54, 1.807) is 25.3 Å². The molecule has 1 atom stereocenters. The number of aryl methyl sites for hydroxylation is 1. The van der Waals surface area contributed by atoms with Gasteiger partial charge in [-0.3, -0.25) is 9.59 Å². The highest BCUT2D eigenvalue weighted by Gasteiger charge is 2.22. The van der Waals surface area contributed by atoms with E-state index in [0.717, 1.165) is 22.7 Å². The Labute approximate surface area is 204 Å². The Bertz CT molecular complexity index is 1110. The predicted octanol–water partition coefficient (Wildman–Crippen LogP) is 5.68. The van der Waals surface area contributed by atoms with Crippen molar-refractivity contribution < 1.29 is 23.8 Å². The van der Waals surface area contributed by atoms with Gasteiger partial charge in [0, 0.05) is 23.1 Å². The summed E-state index contributed by atoms with van der Waals surface area (Å²) < 4.78 is 9.94. The topological polar surface area (TPSA) is 107 Å². The van der Waals surface area contributed by atoms with E-state index in [1.807, 2.05) is 13.0 Å².